The Morgan fingerprint density at radius 2 is 2.25 bits per heavy atom. The molecule has 1 aliphatic carbocycles. The Labute approximate surface area is 72.5 Å². The second-order valence-electron chi connectivity index (χ2n) is 3.02. The Bertz CT molecular complexity index is 238. The molecule has 0 radical (unpaired) electrons. The van der Waals surface area contributed by atoms with Crippen LogP contribution in [0.4, 0.5) is 0 Å². The Morgan fingerprint density at radius 3 is 2.75 bits per heavy atom. The minimum atomic E-state index is -0.519. The van der Waals surface area contributed by atoms with Gasteiger partial charge in [0.2, 0.25) is 0 Å². The van der Waals surface area contributed by atoms with E-state index in [0.717, 1.165) is 11.1 Å². The van der Waals surface area contributed by atoms with E-state index in [9.17, 15) is 5.11 Å². The summed E-state index contributed by atoms with van der Waals surface area (Å²) in [7, 11) is 0. The molecule has 1 aliphatic rings. The molecule has 2 unspecified atom stereocenters. The molecule has 0 saturated heterocycles. The molecule has 0 bridgehead atoms. The Morgan fingerprint density at radius 1 is 1.58 bits per heavy atom. The molecule has 0 saturated carbocycles. The van der Waals surface area contributed by atoms with Crippen molar-refractivity contribution < 1.29 is 10.2 Å². The van der Waals surface area contributed by atoms with E-state index in [1.807, 2.05) is 19.1 Å². The first-order chi connectivity index (χ1) is 5.70. The van der Waals surface area contributed by atoms with Crippen molar-refractivity contribution in [2.45, 2.75) is 13.0 Å². The smallest absolute Gasteiger partial charge is 0.0851 e. The molecule has 2 atom stereocenters. The van der Waals surface area contributed by atoms with Crippen LogP contribution < -0.4 is 0 Å². The van der Waals surface area contributed by atoms with Crippen molar-refractivity contribution >= 4 is 0 Å². The van der Waals surface area contributed by atoms with Crippen LogP contribution >= 0.6 is 0 Å². The minimum absolute atomic E-state index is 0.0163. The fourth-order valence-corrected chi connectivity index (χ4v) is 1.37. The monoisotopic (exact) mass is 166 g/mol. The van der Waals surface area contributed by atoms with Gasteiger partial charge in [0, 0.05) is 5.92 Å². The van der Waals surface area contributed by atoms with E-state index in [2.05, 4.69) is 6.58 Å². The molecule has 12 heavy (non-hydrogen) atoms. The molecule has 0 spiro atoms. The SMILES string of the molecule is C=CC1C(CO)=CC=C(C)C1O. The molecule has 1 rings (SSSR count). The number of aliphatic hydroxyl groups is 2. The number of aliphatic hydroxyl groups excluding tert-OH is 2. The second-order valence-corrected chi connectivity index (χ2v) is 3.02. The molecule has 0 aromatic carbocycles. The van der Waals surface area contributed by atoms with Crippen LogP contribution in [0.25, 0.3) is 0 Å². The van der Waals surface area contributed by atoms with Gasteiger partial charge in [-0.05, 0) is 18.1 Å². The first-order valence-corrected chi connectivity index (χ1v) is 3.99. The van der Waals surface area contributed by atoms with Gasteiger partial charge >= 0.3 is 0 Å². The van der Waals surface area contributed by atoms with Gasteiger partial charge in [-0.15, -0.1) is 6.58 Å². The van der Waals surface area contributed by atoms with E-state index in [1.165, 1.54) is 0 Å². The van der Waals surface area contributed by atoms with E-state index in [4.69, 9.17) is 5.11 Å². The maximum absolute atomic E-state index is 9.65. The highest BCUT2D eigenvalue weighted by molar-refractivity contribution is 5.32. The summed E-state index contributed by atoms with van der Waals surface area (Å²) in [6.45, 7) is 5.48. The Hall–Kier alpha value is -0.860. The highest BCUT2D eigenvalue weighted by Crippen LogP contribution is 2.25. The number of hydrogen-bond donors (Lipinski definition) is 2. The first-order valence-electron chi connectivity index (χ1n) is 3.99. The van der Waals surface area contributed by atoms with Gasteiger partial charge < -0.3 is 10.2 Å². The summed E-state index contributed by atoms with van der Waals surface area (Å²) in [6.07, 6.45) is 4.82. The average molecular weight is 166 g/mol. The number of rotatable bonds is 2. The predicted molar refractivity (Wildman–Crippen MR) is 48.6 cm³/mol. The molecule has 66 valence electrons. The van der Waals surface area contributed by atoms with E-state index in [-0.39, 0.29) is 12.5 Å². The fourth-order valence-electron chi connectivity index (χ4n) is 1.37. The fraction of sp³-hybridized carbons (Fsp3) is 0.400. The van der Waals surface area contributed by atoms with Gasteiger partial charge in [-0.1, -0.05) is 18.2 Å². The highest BCUT2D eigenvalue weighted by Gasteiger charge is 2.23. The lowest BCUT2D eigenvalue weighted by atomic mass is 9.85. The van der Waals surface area contributed by atoms with Crippen molar-refractivity contribution in [1.29, 1.82) is 0 Å². The average Bonchev–Trinajstić information content (AvgIpc) is 2.09. The Balaban J connectivity index is 2.93. The van der Waals surface area contributed by atoms with Crippen molar-refractivity contribution in [1.82, 2.24) is 0 Å². The van der Waals surface area contributed by atoms with Crippen molar-refractivity contribution in [3.05, 3.63) is 36.0 Å². The van der Waals surface area contributed by atoms with Crippen LogP contribution in [0.2, 0.25) is 0 Å². The second kappa shape index (κ2) is 3.70. The summed E-state index contributed by atoms with van der Waals surface area (Å²) in [5.41, 5.74) is 1.74. The maximum Gasteiger partial charge on any atom is 0.0851 e. The third kappa shape index (κ3) is 1.49. The molecule has 0 amide bonds. The zero-order valence-corrected chi connectivity index (χ0v) is 7.20. The molecule has 0 aromatic heterocycles. The third-order valence-corrected chi connectivity index (χ3v) is 2.23. The van der Waals surface area contributed by atoms with Crippen LogP contribution in [-0.4, -0.2) is 22.9 Å². The summed E-state index contributed by atoms with van der Waals surface area (Å²) in [5, 5.41) is 18.6. The molecule has 2 nitrogen and oxygen atoms in total. The summed E-state index contributed by atoms with van der Waals surface area (Å²) in [6, 6.07) is 0. The lowest BCUT2D eigenvalue weighted by Gasteiger charge is -2.25. The first kappa shape index (κ1) is 9.23. The molecule has 2 N–H and O–H groups in total. The molecule has 0 aromatic rings. The highest BCUT2D eigenvalue weighted by atomic mass is 16.3. The van der Waals surface area contributed by atoms with Crippen LogP contribution in [0.1, 0.15) is 6.92 Å². The van der Waals surface area contributed by atoms with E-state index >= 15 is 0 Å². The van der Waals surface area contributed by atoms with E-state index in [1.54, 1.807) is 6.08 Å². The van der Waals surface area contributed by atoms with Gasteiger partial charge in [0.15, 0.2) is 0 Å². The van der Waals surface area contributed by atoms with E-state index in [0.29, 0.717) is 0 Å². The normalized spacial score (nSPS) is 29.2. The molecule has 0 aliphatic heterocycles. The van der Waals surface area contributed by atoms with Crippen LogP contribution in [0.5, 0.6) is 0 Å². The van der Waals surface area contributed by atoms with Crippen molar-refractivity contribution in [3.63, 3.8) is 0 Å². The summed E-state index contributed by atoms with van der Waals surface area (Å²) < 4.78 is 0. The standard InChI is InChI=1S/C10H14O2/c1-3-9-8(6-11)5-4-7(2)10(9)12/h3-5,9-12H,1,6H2,2H3. The van der Waals surface area contributed by atoms with Gasteiger partial charge in [0.25, 0.3) is 0 Å². The number of hydrogen-bond acceptors (Lipinski definition) is 2. The largest absolute Gasteiger partial charge is 0.392 e. The molecular weight excluding hydrogens is 152 g/mol. The quantitative estimate of drug-likeness (QED) is 0.601. The minimum Gasteiger partial charge on any atom is -0.392 e. The molecule has 0 fully saturated rings. The summed E-state index contributed by atoms with van der Waals surface area (Å²) >= 11 is 0. The molecule has 0 heterocycles. The van der Waals surface area contributed by atoms with Crippen LogP contribution in [0.3, 0.4) is 0 Å². The molecule has 2 heteroatoms. The van der Waals surface area contributed by atoms with Gasteiger partial charge in [-0.25, -0.2) is 0 Å². The third-order valence-electron chi connectivity index (χ3n) is 2.23. The van der Waals surface area contributed by atoms with Crippen LogP contribution in [0.15, 0.2) is 36.0 Å². The van der Waals surface area contributed by atoms with Crippen LogP contribution in [-0.2, 0) is 0 Å². The van der Waals surface area contributed by atoms with Crippen LogP contribution in [0, 0.1) is 5.92 Å². The lowest BCUT2D eigenvalue weighted by Crippen LogP contribution is -2.25. The van der Waals surface area contributed by atoms with Crippen molar-refractivity contribution in [3.8, 4) is 0 Å². The van der Waals surface area contributed by atoms with Gasteiger partial charge in [0.05, 0.1) is 12.7 Å². The van der Waals surface area contributed by atoms with Gasteiger partial charge in [0.1, 0.15) is 0 Å². The molecular formula is C10H14O2. The Kier molecular flexibility index (Phi) is 2.84. The predicted octanol–water partition coefficient (Wildman–Crippen LogP) is 1.03. The maximum atomic E-state index is 9.65. The number of allylic oxidation sites excluding steroid dienone is 2. The van der Waals surface area contributed by atoms with Crippen molar-refractivity contribution in [2.24, 2.45) is 5.92 Å². The lowest BCUT2D eigenvalue weighted by molar-refractivity contribution is 0.169. The van der Waals surface area contributed by atoms with Gasteiger partial charge in [-0.2, -0.15) is 0 Å². The summed E-state index contributed by atoms with van der Waals surface area (Å²) in [4.78, 5) is 0. The van der Waals surface area contributed by atoms with Crippen molar-refractivity contribution in [2.75, 3.05) is 6.61 Å². The topological polar surface area (TPSA) is 40.5 Å². The van der Waals surface area contributed by atoms with E-state index < -0.39 is 6.10 Å². The summed E-state index contributed by atoms with van der Waals surface area (Å²) in [5.74, 6) is -0.125. The zero-order chi connectivity index (χ0) is 9.14. The zero-order valence-electron chi connectivity index (χ0n) is 7.20. The van der Waals surface area contributed by atoms with Gasteiger partial charge in [-0.3, -0.25) is 0 Å².